The number of benzene rings is 1. The largest absolute Gasteiger partial charge is 0.465 e. The predicted molar refractivity (Wildman–Crippen MR) is 82.3 cm³/mol. The summed E-state index contributed by atoms with van der Waals surface area (Å²) < 4.78 is 10.3. The second-order valence-corrected chi connectivity index (χ2v) is 5.51. The van der Waals surface area contributed by atoms with Crippen LogP contribution in [0, 0.1) is 5.41 Å². The molecule has 0 saturated heterocycles. The van der Waals surface area contributed by atoms with Gasteiger partial charge in [-0.25, -0.2) is 0 Å². The van der Waals surface area contributed by atoms with Crippen LogP contribution in [0.2, 0.25) is 0 Å². The van der Waals surface area contributed by atoms with Crippen LogP contribution in [0.15, 0.2) is 18.2 Å². The predicted octanol–water partition coefficient (Wildman–Crippen LogP) is 1.62. The van der Waals surface area contributed by atoms with Crippen molar-refractivity contribution < 1.29 is 19.1 Å². The van der Waals surface area contributed by atoms with Gasteiger partial charge in [0.15, 0.2) is 5.41 Å². The number of nitrogens with one attached hydrogen (secondary N) is 1. The molecule has 22 heavy (non-hydrogen) atoms. The summed E-state index contributed by atoms with van der Waals surface area (Å²) in [4.78, 5) is 24.9. The Labute approximate surface area is 131 Å². The van der Waals surface area contributed by atoms with Gasteiger partial charge < -0.3 is 14.8 Å². The summed E-state index contributed by atoms with van der Waals surface area (Å²) in [6.45, 7) is 4.73. The zero-order valence-corrected chi connectivity index (χ0v) is 13.4. The van der Waals surface area contributed by atoms with E-state index in [-0.39, 0.29) is 13.2 Å². The molecule has 1 aliphatic rings. The third-order valence-corrected chi connectivity index (χ3v) is 3.97. The van der Waals surface area contributed by atoms with Crippen molar-refractivity contribution in [3.8, 4) is 0 Å². The van der Waals surface area contributed by atoms with Gasteiger partial charge >= 0.3 is 11.9 Å². The van der Waals surface area contributed by atoms with E-state index in [4.69, 9.17) is 9.47 Å². The van der Waals surface area contributed by atoms with Gasteiger partial charge in [0.1, 0.15) is 0 Å². The highest BCUT2D eigenvalue weighted by atomic mass is 16.6. The first kappa shape index (κ1) is 16.5. The van der Waals surface area contributed by atoms with Crippen LogP contribution >= 0.6 is 0 Å². The summed E-state index contributed by atoms with van der Waals surface area (Å²) in [5.41, 5.74) is 1.94. The molecule has 1 aliphatic carbocycles. The van der Waals surface area contributed by atoms with Crippen molar-refractivity contribution in [1.29, 1.82) is 0 Å². The molecule has 120 valence electrons. The average Bonchev–Trinajstić information content (AvgIpc) is 2.88. The Morgan fingerprint density at radius 3 is 2.23 bits per heavy atom. The molecule has 2 rings (SSSR count). The Balaban J connectivity index is 2.33. The first-order valence-corrected chi connectivity index (χ1v) is 7.67. The highest BCUT2D eigenvalue weighted by molar-refractivity contribution is 6.01. The topological polar surface area (TPSA) is 64.6 Å². The second-order valence-electron chi connectivity index (χ2n) is 5.51. The number of hydrogen-bond donors (Lipinski definition) is 1. The monoisotopic (exact) mass is 305 g/mol. The molecule has 0 aliphatic heterocycles. The van der Waals surface area contributed by atoms with Gasteiger partial charge in [0.05, 0.1) is 13.2 Å². The van der Waals surface area contributed by atoms with E-state index in [9.17, 15) is 9.59 Å². The molecule has 1 aromatic rings. The maximum absolute atomic E-state index is 12.4. The third kappa shape index (κ3) is 2.99. The van der Waals surface area contributed by atoms with E-state index in [0.717, 1.165) is 23.2 Å². The van der Waals surface area contributed by atoms with Crippen molar-refractivity contribution in [1.82, 2.24) is 5.32 Å². The molecule has 0 spiro atoms. The number of fused-ring (bicyclic) bond motifs is 1. The lowest BCUT2D eigenvalue weighted by Gasteiger charge is -2.23. The molecule has 0 aromatic heterocycles. The van der Waals surface area contributed by atoms with Crippen molar-refractivity contribution in [3.05, 3.63) is 34.9 Å². The molecular formula is C17H23NO4. The quantitative estimate of drug-likeness (QED) is 0.639. The Bertz CT molecular complexity index is 550. The second kappa shape index (κ2) is 6.92. The Hall–Kier alpha value is -1.88. The summed E-state index contributed by atoms with van der Waals surface area (Å²) in [5.74, 6) is -0.973. The zero-order valence-electron chi connectivity index (χ0n) is 13.4. The maximum atomic E-state index is 12.4. The Morgan fingerprint density at radius 2 is 1.68 bits per heavy atom. The molecule has 0 unspecified atom stereocenters. The molecular weight excluding hydrogens is 282 g/mol. The number of hydrogen-bond acceptors (Lipinski definition) is 5. The van der Waals surface area contributed by atoms with Crippen LogP contribution in [0.4, 0.5) is 0 Å². The Kier molecular flexibility index (Phi) is 5.19. The molecule has 5 heteroatoms. The zero-order chi connectivity index (χ0) is 16.2. The first-order valence-electron chi connectivity index (χ1n) is 7.67. The first-order chi connectivity index (χ1) is 10.6. The number of carbonyl (C=O) groups is 2. The highest BCUT2D eigenvalue weighted by Crippen LogP contribution is 2.39. The van der Waals surface area contributed by atoms with Crippen molar-refractivity contribution in [2.45, 2.75) is 33.2 Å². The van der Waals surface area contributed by atoms with Gasteiger partial charge in [-0.3, -0.25) is 9.59 Å². The van der Waals surface area contributed by atoms with Gasteiger partial charge in [-0.2, -0.15) is 0 Å². The fourth-order valence-electron chi connectivity index (χ4n) is 2.95. The lowest BCUT2D eigenvalue weighted by atomic mass is 9.84. The highest BCUT2D eigenvalue weighted by Gasteiger charge is 2.52. The smallest absolute Gasteiger partial charge is 0.324 e. The SMILES string of the molecule is CCOC(=O)C1(C(=O)OCC)Cc2ccc(CNC)cc2C1. The van der Waals surface area contributed by atoms with Crippen LogP contribution in [0.3, 0.4) is 0 Å². The van der Waals surface area contributed by atoms with Crippen LogP contribution < -0.4 is 5.32 Å². The van der Waals surface area contributed by atoms with Gasteiger partial charge in [-0.15, -0.1) is 0 Å². The minimum atomic E-state index is -1.23. The number of esters is 2. The van der Waals surface area contributed by atoms with E-state index >= 15 is 0 Å². The normalized spacial score (nSPS) is 15.2. The van der Waals surface area contributed by atoms with E-state index in [1.807, 2.05) is 25.2 Å². The standard InChI is InChI=1S/C17H23NO4/c1-4-21-15(19)17(16(20)22-5-2)9-13-7-6-12(11-18-3)8-14(13)10-17/h6-8,18H,4-5,9-11H2,1-3H3. The minimum Gasteiger partial charge on any atom is -0.465 e. The summed E-state index contributed by atoms with van der Waals surface area (Å²) in [6, 6.07) is 6.05. The van der Waals surface area contributed by atoms with Gasteiger partial charge in [-0.1, -0.05) is 18.2 Å². The fraction of sp³-hybridized carbons (Fsp3) is 0.529. The van der Waals surface area contributed by atoms with E-state index < -0.39 is 17.4 Å². The molecule has 1 aromatic carbocycles. The summed E-state index contributed by atoms with van der Waals surface area (Å²) in [7, 11) is 1.88. The van der Waals surface area contributed by atoms with Crippen molar-refractivity contribution in [2.24, 2.45) is 5.41 Å². The molecule has 0 atom stereocenters. The van der Waals surface area contributed by atoms with Crippen LogP contribution in [-0.2, 0) is 38.4 Å². The average molecular weight is 305 g/mol. The summed E-state index contributed by atoms with van der Waals surface area (Å²) >= 11 is 0. The van der Waals surface area contributed by atoms with Crippen molar-refractivity contribution in [3.63, 3.8) is 0 Å². The molecule has 5 nitrogen and oxygen atoms in total. The lowest BCUT2D eigenvalue weighted by molar-refractivity contribution is -0.171. The minimum absolute atomic E-state index is 0.251. The number of carbonyl (C=O) groups excluding carboxylic acids is 2. The summed E-state index contributed by atoms with van der Waals surface area (Å²) in [5, 5.41) is 3.10. The van der Waals surface area contributed by atoms with Gasteiger partial charge in [0, 0.05) is 6.54 Å². The molecule has 1 N–H and O–H groups in total. The third-order valence-electron chi connectivity index (χ3n) is 3.97. The summed E-state index contributed by atoms with van der Waals surface area (Å²) in [6.07, 6.45) is 0.692. The Morgan fingerprint density at radius 1 is 1.09 bits per heavy atom. The lowest BCUT2D eigenvalue weighted by Crippen LogP contribution is -2.43. The molecule has 0 heterocycles. The maximum Gasteiger partial charge on any atom is 0.324 e. The van der Waals surface area contributed by atoms with Crippen LogP contribution in [0.1, 0.15) is 30.5 Å². The molecule has 0 bridgehead atoms. The number of ether oxygens (including phenoxy) is 2. The van der Waals surface area contributed by atoms with Gasteiger partial charge in [0.25, 0.3) is 0 Å². The van der Waals surface area contributed by atoms with Crippen LogP contribution in [0.25, 0.3) is 0 Å². The van der Waals surface area contributed by atoms with Gasteiger partial charge in [0.2, 0.25) is 0 Å². The van der Waals surface area contributed by atoms with Gasteiger partial charge in [-0.05, 0) is 50.4 Å². The number of rotatable bonds is 6. The van der Waals surface area contributed by atoms with Crippen LogP contribution in [0.5, 0.6) is 0 Å². The van der Waals surface area contributed by atoms with E-state index in [1.165, 1.54) is 0 Å². The van der Waals surface area contributed by atoms with Crippen LogP contribution in [-0.4, -0.2) is 32.2 Å². The van der Waals surface area contributed by atoms with Crippen molar-refractivity contribution in [2.75, 3.05) is 20.3 Å². The fourth-order valence-corrected chi connectivity index (χ4v) is 2.95. The molecule has 0 fully saturated rings. The molecule has 0 amide bonds. The van der Waals surface area contributed by atoms with E-state index in [2.05, 4.69) is 5.32 Å². The molecule has 0 radical (unpaired) electrons. The van der Waals surface area contributed by atoms with E-state index in [1.54, 1.807) is 13.8 Å². The molecule has 0 saturated carbocycles. The van der Waals surface area contributed by atoms with E-state index in [0.29, 0.717) is 12.8 Å². The van der Waals surface area contributed by atoms with Crippen molar-refractivity contribution >= 4 is 11.9 Å².